The van der Waals surface area contributed by atoms with E-state index in [1.165, 1.54) is 5.56 Å². The van der Waals surface area contributed by atoms with Crippen molar-refractivity contribution in [3.8, 4) is 5.75 Å². The lowest BCUT2D eigenvalue weighted by Crippen LogP contribution is -2.47. The van der Waals surface area contributed by atoms with Gasteiger partial charge in [-0.2, -0.15) is 4.98 Å². The summed E-state index contributed by atoms with van der Waals surface area (Å²) in [5, 5.41) is 6.66. The summed E-state index contributed by atoms with van der Waals surface area (Å²) in [6, 6.07) is 18.3. The van der Waals surface area contributed by atoms with Crippen molar-refractivity contribution in [2.45, 2.75) is 25.4 Å². The van der Waals surface area contributed by atoms with Gasteiger partial charge in [0.05, 0.1) is 0 Å². The molecule has 6 rings (SSSR count). The molecule has 2 aromatic heterocycles. The molecule has 0 bridgehead atoms. The van der Waals surface area contributed by atoms with E-state index in [0.29, 0.717) is 11.9 Å². The maximum Gasteiger partial charge on any atom is 0.231 e. The molecule has 2 aliphatic rings. The minimum atomic E-state index is 0.231. The summed E-state index contributed by atoms with van der Waals surface area (Å²) >= 11 is 0. The Balaban J connectivity index is 1.01. The van der Waals surface area contributed by atoms with Crippen LogP contribution in [0.25, 0.3) is 0 Å². The maximum absolute atomic E-state index is 6.08. The van der Waals surface area contributed by atoms with E-state index in [2.05, 4.69) is 69.6 Å². The van der Waals surface area contributed by atoms with E-state index in [1.807, 2.05) is 42.7 Å². The van der Waals surface area contributed by atoms with Gasteiger partial charge in [0.15, 0.2) is 0 Å². The van der Waals surface area contributed by atoms with Gasteiger partial charge in [-0.3, -0.25) is 0 Å². The summed E-state index contributed by atoms with van der Waals surface area (Å²) in [7, 11) is 0. The zero-order chi connectivity index (χ0) is 26.3. The number of piperidine rings is 1. The Kier molecular flexibility index (Phi) is 7.71. The number of nitrogens with zero attached hydrogens (tertiary/aromatic N) is 7. The predicted molar refractivity (Wildman–Crippen MR) is 152 cm³/mol. The van der Waals surface area contributed by atoms with Crippen LogP contribution in [0.5, 0.6) is 5.75 Å². The molecular weight excluding hydrogens is 490 g/mol. The van der Waals surface area contributed by atoms with Gasteiger partial charge in [-0.1, -0.05) is 30.3 Å². The molecular formula is C29H33N9O. The molecule has 0 unspecified atom stereocenters. The molecule has 2 aromatic carbocycles. The quantitative estimate of drug-likeness (QED) is 0.357. The molecule has 10 nitrogen and oxygen atoms in total. The second-order valence-corrected chi connectivity index (χ2v) is 9.87. The van der Waals surface area contributed by atoms with Gasteiger partial charge in [-0.05, 0) is 54.8 Å². The highest BCUT2D eigenvalue weighted by Gasteiger charge is 2.21. The number of ether oxygens (including phenoxy) is 1. The van der Waals surface area contributed by atoms with Crippen molar-refractivity contribution in [3.63, 3.8) is 0 Å². The van der Waals surface area contributed by atoms with Gasteiger partial charge >= 0.3 is 0 Å². The fourth-order valence-electron chi connectivity index (χ4n) is 4.90. The maximum atomic E-state index is 6.08. The second-order valence-electron chi connectivity index (χ2n) is 9.87. The van der Waals surface area contributed by atoms with Gasteiger partial charge < -0.3 is 25.2 Å². The monoisotopic (exact) mass is 523 g/mol. The van der Waals surface area contributed by atoms with Gasteiger partial charge in [-0.25, -0.2) is 19.9 Å². The zero-order valence-electron chi connectivity index (χ0n) is 21.9. The number of aromatic nitrogens is 5. The molecule has 1 atom stereocenters. The van der Waals surface area contributed by atoms with Crippen molar-refractivity contribution in [1.29, 1.82) is 0 Å². The first kappa shape index (κ1) is 25.0. The van der Waals surface area contributed by atoms with Crippen molar-refractivity contribution in [2.75, 3.05) is 54.4 Å². The first-order valence-electron chi connectivity index (χ1n) is 13.6. The Morgan fingerprint density at radius 3 is 2.28 bits per heavy atom. The molecule has 2 N–H and O–H groups in total. The summed E-state index contributed by atoms with van der Waals surface area (Å²) in [6.45, 7) is 5.12. The average Bonchev–Trinajstić information content (AvgIpc) is 3.00. The van der Waals surface area contributed by atoms with Gasteiger partial charge in [0, 0.05) is 57.2 Å². The summed E-state index contributed by atoms with van der Waals surface area (Å²) in [6.07, 6.45) is 8.71. The highest BCUT2D eigenvalue weighted by molar-refractivity contribution is 5.55. The second kappa shape index (κ2) is 12.0. The first-order chi connectivity index (χ1) is 19.3. The number of hydrogen-bond acceptors (Lipinski definition) is 10. The Labute approximate surface area is 228 Å². The standard InChI is InChI=1S/C29H33N9O/c1-2-5-22(6-3-1)17-23-18-31-28(32-19-23)37-13-15-38(16-14-37)29-34-21-33-27(36-29)35-24-8-10-25(11-9-24)39-26-7-4-12-30-20-26/h1-3,5-6,8-11,18-19,21,26,30H,4,7,12-17,20H2,(H,33,34,35,36)/t26-/m0/s1. The smallest absolute Gasteiger partial charge is 0.231 e. The van der Waals surface area contributed by atoms with E-state index in [-0.39, 0.29) is 6.10 Å². The lowest BCUT2D eigenvalue weighted by Gasteiger charge is -2.34. The van der Waals surface area contributed by atoms with Crippen LogP contribution in [0, 0.1) is 0 Å². The molecule has 0 saturated carbocycles. The van der Waals surface area contributed by atoms with E-state index in [9.17, 15) is 0 Å². The third kappa shape index (κ3) is 6.58. The van der Waals surface area contributed by atoms with Crippen LogP contribution in [0.1, 0.15) is 24.0 Å². The van der Waals surface area contributed by atoms with E-state index in [1.54, 1.807) is 6.33 Å². The molecule has 39 heavy (non-hydrogen) atoms. The highest BCUT2D eigenvalue weighted by Crippen LogP contribution is 2.22. The number of hydrogen-bond donors (Lipinski definition) is 2. The van der Waals surface area contributed by atoms with E-state index in [0.717, 1.165) is 81.5 Å². The first-order valence-corrected chi connectivity index (χ1v) is 13.6. The number of rotatable bonds is 8. The van der Waals surface area contributed by atoms with Crippen LogP contribution in [-0.2, 0) is 6.42 Å². The molecule has 0 amide bonds. The lowest BCUT2D eigenvalue weighted by atomic mass is 10.1. The number of piperazine rings is 1. The zero-order valence-corrected chi connectivity index (χ0v) is 21.9. The van der Waals surface area contributed by atoms with Crippen LogP contribution in [0.3, 0.4) is 0 Å². The lowest BCUT2D eigenvalue weighted by molar-refractivity contribution is 0.167. The van der Waals surface area contributed by atoms with Crippen LogP contribution in [0.4, 0.5) is 23.5 Å². The fraction of sp³-hybridized carbons (Fsp3) is 0.345. The van der Waals surface area contributed by atoms with Gasteiger partial charge in [-0.15, -0.1) is 0 Å². The van der Waals surface area contributed by atoms with Crippen molar-refractivity contribution in [1.82, 2.24) is 30.2 Å². The van der Waals surface area contributed by atoms with E-state index in [4.69, 9.17) is 4.74 Å². The molecule has 200 valence electrons. The molecule has 2 saturated heterocycles. The van der Waals surface area contributed by atoms with Crippen molar-refractivity contribution in [2.24, 2.45) is 0 Å². The molecule has 2 fully saturated rings. The predicted octanol–water partition coefficient (Wildman–Crippen LogP) is 3.45. The van der Waals surface area contributed by atoms with E-state index >= 15 is 0 Å². The Morgan fingerprint density at radius 1 is 0.821 bits per heavy atom. The van der Waals surface area contributed by atoms with Crippen LogP contribution < -0.4 is 25.2 Å². The third-order valence-electron chi connectivity index (χ3n) is 7.01. The Hall–Kier alpha value is -4.31. The van der Waals surface area contributed by atoms with Gasteiger partial charge in [0.2, 0.25) is 17.8 Å². The summed E-state index contributed by atoms with van der Waals surface area (Å²) in [4.78, 5) is 27.0. The summed E-state index contributed by atoms with van der Waals surface area (Å²) < 4.78 is 6.08. The molecule has 4 aromatic rings. The number of nitrogens with one attached hydrogen (secondary N) is 2. The van der Waals surface area contributed by atoms with Crippen LogP contribution in [0.15, 0.2) is 73.3 Å². The topological polar surface area (TPSA) is 104 Å². The summed E-state index contributed by atoms with van der Waals surface area (Å²) in [5.74, 6) is 2.82. The van der Waals surface area contributed by atoms with Crippen LogP contribution in [0.2, 0.25) is 0 Å². The van der Waals surface area contributed by atoms with Crippen LogP contribution in [-0.4, -0.2) is 70.3 Å². The molecule has 0 aliphatic carbocycles. The van der Waals surface area contributed by atoms with Crippen molar-refractivity contribution >= 4 is 23.5 Å². The van der Waals surface area contributed by atoms with Crippen molar-refractivity contribution < 1.29 is 4.74 Å². The van der Waals surface area contributed by atoms with Gasteiger partial charge in [0.1, 0.15) is 18.2 Å². The molecule has 0 radical (unpaired) electrons. The average molecular weight is 524 g/mol. The summed E-state index contributed by atoms with van der Waals surface area (Å²) in [5.41, 5.74) is 3.27. The largest absolute Gasteiger partial charge is 0.489 e. The molecule has 4 heterocycles. The molecule has 10 heteroatoms. The molecule has 2 aliphatic heterocycles. The minimum absolute atomic E-state index is 0.231. The van der Waals surface area contributed by atoms with Crippen LogP contribution >= 0.6 is 0 Å². The van der Waals surface area contributed by atoms with Crippen molar-refractivity contribution in [3.05, 3.63) is 84.4 Å². The van der Waals surface area contributed by atoms with E-state index < -0.39 is 0 Å². The number of anilines is 4. The highest BCUT2D eigenvalue weighted by atomic mass is 16.5. The Bertz CT molecular complexity index is 1320. The minimum Gasteiger partial charge on any atom is -0.489 e. The SMILES string of the molecule is c1ccc(Cc2cnc(N3CCN(c4ncnc(Nc5ccc(O[C@H]6CCCNC6)cc5)n4)CC3)nc2)cc1. The molecule has 0 spiro atoms. The van der Waals surface area contributed by atoms with Gasteiger partial charge in [0.25, 0.3) is 0 Å². The fourth-order valence-corrected chi connectivity index (χ4v) is 4.90. The Morgan fingerprint density at radius 2 is 1.56 bits per heavy atom. The third-order valence-corrected chi connectivity index (χ3v) is 7.01. The number of benzene rings is 2. The normalized spacial score (nSPS) is 17.6.